The molecule has 1 aromatic rings. The standard InChI is InChI=1S/C12H17NO3S/c14-12(15)11-5-4-10(17-11)8-13-7-9-3-1-2-6-16-9/h4-5,9,13H,1-3,6-8H2,(H,14,15). The maximum Gasteiger partial charge on any atom is 0.345 e. The van der Waals surface area contributed by atoms with Gasteiger partial charge in [0.1, 0.15) is 4.88 Å². The van der Waals surface area contributed by atoms with E-state index in [2.05, 4.69) is 5.32 Å². The monoisotopic (exact) mass is 255 g/mol. The van der Waals surface area contributed by atoms with E-state index in [0.29, 0.717) is 11.0 Å². The first-order chi connectivity index (χ1) is 8.25. The fraction of sp³-hybridized carbons (Fsp3) is 0.583. The van der Waals surface area contributed by atoms with Crippen molar-refractivity contribution in [1.82, 2.24) is 5.32 Å². The lowest BCUT2D eigenvalue weighted by Crippen LogP contribution is -2.31. The summed E-state index contributed by atoms with van der Waals surface area (Å²) in [5, 5.41) is 12.1. The molecule has 1 aliphatic rings. The summed E-state index contributed by atoms with van der Waals surface area (Å²) in [5.41, 5.74) is 0. The molecular weight excluding hydrogens is 238 g/mol. The van der Waals surface area contributed by atoms with Crippen molar-refractivity contribution in [3.05, 3.63) is 21.9 Å². The van der Waals surface area contributed by atoms with Crippen LogP contribution in [0.15, 0.2) is 12.1 Å². The average Bonchev–Trinajstić information content (AvgIpc) is 2.79. The lowest BCUT2D eigenvalue weighted by molar-refractivity contribution is 0.0168. The highest BCUT2D eigenvalue weighted by Crippen LogP contribution is 2.16. The number of nitrogens with one attached hydrogen (secondary N) is 1. The van der Waals surface area contributed by atoms with E-state index < -0.39 is 5.97 Å². The molecule has 0 bridgehead atoms. The van der Waals surface area contributed by atoms with Crippen LogP contribution in [0.3, 0.4) is 0 Å². The number of thiophene rings is 1. The van der Waals surface area contributed by atoms with Crippen LogP contribution in [0, 0.1) is 0 Å². The molecule has 0 amide bonds. The molecule has 1 aliphatic heterocycles. The summed E-state index contributed by atoms with van der Waals surface area (Å²) in [6.07, 6.45) is 3.86. The second-order valence-corrected chi connectivity index (χ2v) is 5.36. The quantitative estimate of drug-likeness (QED) is 0.846. The summed E-state index contributed by atoms with van der Waals surface area (Å²) in [4.78, 5) is 12.2. The first-order valence-corrected chi connectivity index (χ1v) is 6.71. The number of carbonyl (C=O) groups is 1. The lowest BCUT2D eigenvalue weighted by Gasteiger charge is -2.22. The molecule has 2 heterocycles. The van der Waals surface area contributed by atoms with E-state index in [1.165, 1.54) is 24.2 Å². The van der Waals surface area contributed by atoms with Gasteiger partial charge in [-0.3, -0.25) is 0 Å². The molecular formula is C12H17NO3S. The topological polar surface area (TPSA) is 58.6 Å². The Morgan fingerprint density at radius 2 is 2.41 bits per heavy atom. The number of ether oxygens (including phenoxy) is 1. The van der Waals surface area contributed by atoms with Gasteiger partial charge in [0.05, 0.1) is 6.10 Å². The van der Waals surface area contributed by atoms with Crippen molar-refractivity contribution in [3.8, 4) is 0 Å². The molecule has 2 rings (SSSR count). The Kier molecular flexibility index (Phi) is 4.53. The van der Waals surface area contributed by atoms with E-state index in [0.717, 1.165) is 31.0 Å². The smallest absolute Gasteiger partial charge is 0.345 e. The first kappa shape index (κ1) is 12.5. The van der Waals surface area contributed by atoms with Crippen LogP contribution in [0.4, 0.5) is 0 Å². The van der Waals surface area contributed by atoms with Crippen LogP contribution in [-0.4, -0.2) is 30.3 Å². The highest BCUT2D eigenvalue weighted by Gasteiger charge is 2.13. The molecule has 1 saturated heterocycles. The van der Waals surface area contributed by atoms with Gasteiger partial charge in [-0.25, -0.2) is 4.79 Å². The molecule has 0 spiro atoms. The number of carboxylic acid groups (broad SMARTS) is 1. The van der Waals surface area contributed by atoms with Gasteiger partial charge in [0, 0.05) is 24.6 Å². The van der Waals surface area contributed by atoms with Gasteiger partial charge in [-0.15, -0.1) is 11.3 Å². The molecule has 0 aliphatic carbocycles. The van der Waals surface area contributed by atoms with Crippen molar-refractivity contribution in [2.75, 3.05) is 13.2 Å². The molecule has 1 unspecified atom stereocenters. The summed E-state index contributed by atoms with van der Waals surface area (Å²) in [6.45, 7) is 2.44. The van der Waals surface area contributed by atoms with Gasteiger partial charge in [-0.1, -0.05) is 0 Å². The van der Waals surface area contributed by atoms with Crippen LogP contribution in [0.25, 0.3) is 0 Å². The highest BCUT2D eigenvalue weighted by molar-refractivity contribution is 7.13. The average molecular weight is 255 g/mol. The molecule has 0 radical (unpaired) electrons. The van der Waals surface area contributed by atoms with Crippen LogP contribution in [0.2, 0.25) is 0 Å². The largest absolute Gasteiger partial charge is 0.477 e. The fourth-order valence-corrected chi connectivity index (χ4v) is 2.73. The summed E-state index contributed by atoms with van der Waals surface area (Å²) in [7, 11) is 0. The Hall–Kier alpha value is -0.910. The molecule has 0 aromatic carbocycles. The molecule has 17 heavy (non-hydrogen) atoms. The zero-order valence-corrected chi connectivity index (χ0v) is 10.5. The number of aromatic carboxylic acids is 1. The van der Waals surface area contributed by atoms with Gasteiger partial charge in [-0.05, 0) is 31.4 Å². The number of hydrogen-bond acceptors (Lipinski definition) is 4. The Bertz CT molecular complexity index is 372. The molecule has 1 fully saturated rings. The maximum absolute atomic E-state index is 10.7. The van der Waals surface area contributed by atoms with Gasteiger partial charge in [0.25, 0.3) is 0 Å². The number of carboxylic acids is 1. The van der Waals surface area contributed by atoms with Crippen molar-refractivity contribution in [1.29, 1.82) is 0 Å². The molecule has 2 N–H and O–H groups in total. The van der Waals surface area contributed by atoms with Gasteiger partial charge >= 0.3 is 5.97 Å². The van der Waals surface area contributed by atoms with E-state index in [4.69, 9.17) is 9.84 Å². The van der Waals surface area contributed by atoms with Gasteiger partial charge < -0.3 is 15.2 Å². The molecule has 1 atom stereocenters. The Morgan fingerprint density at radius 1 is 1.53 bits per heavy atom. The van der Waals surface area contributed by atoms with E-state index in [1.54, 1.807) is 6.07 Å². The van der Waals surface area contributed by atoms with E-state index in [1.807, 2.05) is 6.07 Å². The second-order valence-electron chi connectivity index (χ2n) is 4.19. The van der Waals surface area contributed by atoms with E-state index in [-0.39, 0.29) is 0 Å². The summed E-state index contributed by atoms with van der Waals surface area (Å²) in [6, 6.07) is 3.52. The molecule has 0 saturated carbocycles. The summed E-state index contributed by atoms with van der Waals surface area (Å²) >= 11 is 1.32. The minimum atomic E-state index is -0.850. The highest BCUT2D eigenvalue weighted by atomic mass is 32.1. The predicted octanol–water partition coefficient (Wildman–Crippen LogP) is 2.10. The maximum atomic E-state index is 10.7. The predicted molar refractivity (Wildman–Crippen MR) is 66.6 cm³/mol. The fourth-order valence-electron chi connectivity index (χ4n) is 1.91. The van der Waals surface area contributed by atoms with Crippen molar-refractivity contribution in [3.63, 3.8) is 0 Å². The Labute approximate surface area is 105 Å². The van der Waals surface area contributed by atoms with Gasteiger partial charge in [0.2, 0.25) is 0 Å². The summed E-state index contributed by atoms with van der Waals surface area (Å²) in [5.74, 6) is -0.850. The molecule has 4 nitrogen and oxygen atoms in total. The first-order valence-electron chi connectivity index (χ1n) is 5.90. The van der Waals surface area contributed by atoms with Gasteiger partial charge in [0.15, 0.2) is 0 Å². The van der Waals surface area contributed by atoms with Crippen molar-refractivity contribution in [2.24, 2.45) is 0 Å². The van der Waals surface area contributed by atoms with Crippen LogP contribution in [0.5, 0.6) is 0 Å². The lowest BCUT2D eigenvalue weighted by atomic mass is 10.1. The van der Waals surface area contributed by atoms with Crippen LogP contribution in [-0.2, 0) is 11.3 Å². The minimum absolute atomic E-state index is 0.322. The number of hydrogen-bond donors (Lipinski definition) is 2. The second kappa shape index (κ2) is 6.14. The summed E-state index contributed by atoms with van der Waals surface area (Å²) < 4.78 is 5.61. The normalized spacial score (nSPS) is 20.4. The molecule has 1 aromatic heterocycles. The zero-order chi connectivity index (χ0) is 12.1. The third-order valence-electron chi connectivity index (χ3n) is 2.82. The Morgan fingerprint density at radius 3 is 3.06 bits per heavy atom. The van der Waals surface area contributed by atoms with Crippen LogP contribution in [0.1, 0.15) is 33.8 Å². The van der Waals surface area contributed by atoms with Gasteiger partial charge in [-0.2, -0.15) is 0 Å². The van der Waals surface area contributed by atoms with Crippen molar-refractivity contribution in [2.45, 2.75) is 31.9 Å². The van der Waals surface area contributed by atoms with Crippen LogP contribution >= 0.6 is 11.3 Å². The molecule has 94 valence electrons. The van der Waals surface area contributed by atoms with E-state index >= 15 is 0 Å². The zero-order valence-electron chi connectivity index (χ0n) is 9.65. The third-order valence-corrected chi connectivity index (χ3v) is 3.89. The van der Waals surface area contributed by atoms with Crippen molar-refractivity contribution < 1.29 is 14.6 Å². The number of rotatable bonds is 5. The SMILES string of the molecule is O=C(O)c1ccc(CNCC2CCCCO2)s1. The Balaban J connectivity index is 1.71. The van der Waals surface area contributed by atoms with E-state index in [9.17, 15) is 4.79 Å². The molecule has 5 heteroatoms. The van der Waals surface area contributed by atoms with Crippen LogP contribution < -0.4 is 5.32 Å². The third kappa shape index (κ3) is 3.80. The minimum Gasteiger partial charge on any atom is -0.477 e. The van der Waals surface area contributed by atoms with Crippen molar-refractivity contribution >= 4 is 17.3 Å².